The topological polar surface area (TPSA) is 55.9 Å². The van der Waals surface area contributed by atoms with Crippen molar-refractivity contribution in [3.63, 3.8) is 0 Å². The van der Waals surface area contributed by atoms with Gasteiger partial charge in [-0.25, -0.2) is 0 Å². The molecule has 0 aliphatic carbocycles. The molecule has 0 saturated carbocycles. The Hall–Kier alpha value is -1.62. The van der Waals surface area contributed by atoms with Crippen LogP contribution in [-0.4, -0.2) is 24.7 Å². The number of aliphatic hydroxyl groups is 1. The molecule has 0 aromatic carbocycles. The van der Waals surface area contributed by atoms with Gasteiger partial charge in [-0.15, -0.1) is 0 Å². The largest absolute Gasteiger partial charge is 0.388 e. The minimum Gasteiger partial charge on any atom is -0.388 e. The van der Waals surface area contributed by atoms with Gasteiger partial charge < -0.3 is 5.11 Å². The third kappa shape index (κ3) is 2.18. The minimum atomic E-state index is -0.534. The van der Waals surface area contributed by atoms with Crippen LogP contribution >= 0.6 is 0 Å². The van der Waals surface area contributed by atoms with E-state index < -0.39 is 6.10 Å². The summed E-state index contributed by atoms with van der Waals surface area (Å²) in [5, 5.41) is 19.0. The summed E-state index contributed by atoms with van der Waals surface area (Å²) >= 11 is 0. The van der Waals surface area contributed by atoms with Gasteiger partial charge in [-0.05, 0) is 26.8 Å². The molecule has 0 saturated heterocycles. The van der Waals surface area contributed by atoms with Gasteiger partial charge in [0.25, 0.3) is 0 Å². The highest BCUT2D eigenvalue weighted by Gasteiger charge is 2.19. The molecule has 1 atom stereocenters. The summed E-state index contributed by atoms with van der Waals surface area (Å²) in [5.74, 6) is 0. The maximum Gasteiger partial charge on any atom is 0.0881 e. The predicted molar refractivity (Wildman–Crippen MR) is 69.3 cm³/mol. The molecule has 98 valence electrons. The van der Waals surface area contributed by atoms with Crippen LogP contribution in [0.2, 0.25) is 0 Å². The second-order valence-electron chi connectivity index (χ2n) is 4.83. The molecule has 0 fully saturated rings. The van der Waals surface area contributed by atoms with Gasteiger partial charge >= 0.3 is 0 Å². The zero-order valence-corrected chi connectivity index (χ0v) is 11.6. The fourth-order valence-corrected chi connectivity index (χ4v) is 2.43. The molecule has 18 heavy (non-hydrogen) atoms. The summed E-state index contributed by atoms with van der Waals surface area (Å²) < 4.78 is 3.63. The van der Waals surface area contributed by atoms with Crippen LogP contribution in [-0.2, 0) is 20.5 Å². The van der Waals surface area contributed by atoms with E-state index in [9.17, 15) is 5.11 Å². The zero-order chi connectivity index (χ0) is 13.4. The fourth-order valence-electron chi connectivity index (χ4n) is 2.43. The van der Waals surface area contributed by atoms with Crippen LogP contribution in [0.3, 0.4) is 0 Å². The van der Waals surface area contributed by atoms with Crippen molar-refractivity contribution >= 4 is 0 Å². The molecule has 0 aliphatic rings. The molecular weight excluding hydrogens is 228 g/mol. The second-order valence-corrected chi connectivity index (χ2v) is 4.83. The SMILES string of the molecule is Cc1cc(CC(O)c2c(C)nn(C)c2C)n(C)n1. The first-order valence-corrected chi connectivity index (χ1v) is 6.07. The molecule has 2 rings (SSSR count). The Morgan fingerprint density at radius 1 is 1.17 bits per heavy atom. The third-order valence-corrected chi connectivity index (χ3v) is 3.40. The summed E-state index contributed by atoms with van der Waals surface area (Å²) in [6.07, 6.45) is 0.0264. The summed E-state index contributed by atoms with van der Waals surface area (Å²) in [7, 11) is 3.80. The number of aryl methyl sites for hydroxylation is 4. The molecule has 0 amide bonds. The van der Waals surface area contributed by atoms with E-state index in [1.54, 1.807) is 0 Å². The number of aliphatic hydroxyl groups excluding tert-OH is 1. The Balaban J connectivity index is 2.27. The fraction of sp³-hybridized carbons (Fsp3) is 0.538. The van der Waals surface area contributed by atoms with Gasteiger partial charge in [0.2, 0.25) is 0 Å². The number of rotatable bonds is 3. The summed E-state index contributed by atoms with van der Waals surface area (Å²) in [4.78, 5) is 0. The van der Waals surface area contributed by atoms with Crippen LogP contribution in [0.25, 0.3) is 0 Å². The molecule has 2 heterocycles. The monoisotopic (exact) mass is 248 g/mol. The van der Waals surface area contributed by atoms with Gasteiger partial charge in [0.05, 0.1) is 17.5 Å². The molecule has 5 heteroatoms. The van der Waals surface area contributed by atoms with Gasteiger partial charge in [-0.1, -0.05) is 0 Å². The summed E-state index contributed by atoms with van der Waals surface area (Å²) in [6, 6.07) is 2.00. The molecule has 0 aliphatic heterocycles. The number of hydrogen-bond donors (Lipinski definition) is 1. The van der Waals surface area contributed by atoms with Crippen molar-refractivity contribution in [2.24, 2.45) is 14.1 Å². The van der Waals surface area contributed by atoms with Crippen LogP contribution in [0.4, 0.5) is 0 Å². The Kier molecular flexibility index (Phi) is 3.26. The predicted octanol–water partition coefficient (Wildman–Crippen LogP) is 1.35. The van der Waals surface area contributed by atoms with Gasteiger partial charge in [-0.3, -0.25) is 9.36 Å². The van der Waals surface area contributed by atoms with Crippen molar-refractivity contribution in [2.45, 2.75) is 33.3 Å². The maximum atomic E-state index is 10.4. The van der Waals surface area contributed by atoms with Crippen LogP contribution in [0, 0.1) is 20.8 Å². The Labute approximate surface area is 107 Å². The first kappa shape index (κ1) is 12.8. The van der Waals surface area contributed by atoms with E-state index in [-0.39, 0.29) is 0 Å². The Bertz CT molecular complexity index is 568. The van der Waals surface area contributed by atoms with E-state index in [1.165, 1.54) is 0 Å². The Morgan fingerprint density at radius 2 is 1.83 bits per heavy atom. The smallest absolute Gasteiger partial charge is 0.0881 e. The van der Waals surface area contributed by atoms with Crippen molar-refractivity contribution in [2.75, 3.05) is 0 Å². The van der Waals surface area contributed by atoms with Crippen LogP contribution < -0.4 is 0 Å². The molecule has 2 aromatic heterocycles. The quantitative estimate of drug-likeness (QED) is 0.892. The number of hydrogen-bond acceptors (Lipinski definition) is 3. The molecule has 5 nitrogen and oxygen atoms in total. The minimum absolute atomic E-state index is 0.534. The number of aromatic nitrogens is 4. The van der Waals surface area contributed by atoms with Gasteiger partial charge in [0.15, 0.2) is 0 Å². The second kappa shape index (κ2) is 4.57. The van der Waals surface area contributed by atoms with Crippen molar-refractivity contribution in [1.82, 2.24) is 19.6 Å². The average molecular weight is 248 g/mol. The van der Waals surface area contributed by atoms with Gasteiger partial charge in [-0.2, -0.15) is 10.2 Å². The molecule has 1 N–H and O–H groups in total. The summed E-state index contributed by atoms with van der Waals surface area (Å²) in [6.45, 7) is 5.86. The highest BCUT2D eigenvalue weighted by molar-refractivity contribution is 5.28. The highest BCUT2D eigenvalue weighted by Crippen LogP contribution is 2.24. The van der Waals surface area contributed by atoms with E-state index in [0.717, 1.165) is 28.3 Å². The van der Waals surface area contributed by atoms with Crippen LogP contribution in [0.5, 0.6) is 0 Å². The average Bonchev–Trinajstić information content (AvgIpc) is 2.69. The van der Waals surface area contributed by atoms with Gasteiger partial charge in [0.1, 0.15) is 0 Å². The molecule has 0 spiro atoms. The molecule has 0 bridgehead atoms. The first-order valence-electron chi connectivity index (χ1n) is 6.07. The van der Waals surface area contributed by atoms with Crippen molar-refractivity contribution in [1.29, 1.82) is 0 Å². The van der Waals surface area contributed by atoms with E-state index in [4.69, 9.17) is 0 Å². The van der Waals surface area contributed by atoms with E-state index in [0.29, 0.717) is 6.42 Å². The maximum absolute atomic E-state index is 10.4. The number of nitrogens with zero attached hydrogens (tertiary/aromatic N) is 4. The van der Waals surface area contributed by atoms with E-state index >= 15 is 0 Å². The van der Waals surface area contributed by atoms with Crippen LogP contribution in [0.15, 0.2) is 6.07 Å². The molecule has 1 unspecified atom stereocenters. The molecule has 2 aromatic rings. The van der Waals surface area contributed by atoms with E-state index in [1.807, 2.05) is 50.3 Å². The van der Waals surface area contributed by atoms with Crippen LogP contribution in [0.1, 0.15) is 34.4 Å². The third-order valence-electron chi connectivity index (χ3n) is 3.40. The van der Waals surface area contributed by atoms with Crippen molar-refractivity contribution in [3.05, 3.63) is 34.4 Å². The van der Waals surface area contributed by atoms with E-state index in [2.05, 4.69) is 10.2 Å². The molecule has 0 radical (unpaired) electrons. The molecular formula is C13H20N4O. The lowest BCUT2D eigenvalue weighted by Gasteiger charge is -2.11. The summed E-state index contributed by atoms with van der Waals surface area (Å²) in [5.41, 5.74) is 4.83. The highest BCUT2D eigenvalue weighted by atomic mass is 16.3. The van der Waals surface area contributed by atoms with Crippen molar-refractivity contribution < 1.29 is 5.11 Å². The standard InChI is InChI=1S/C13H20N4O/c1-8-6-11(17(5)14-8)7-12(18)13-9(2)15-16(4)10(13)3/h6,12,18H,7H2,1-5H3. The van der Waals surface area contributed by atoms with Crippen molar-refractivity contribution in [3.8, 4) is 0 Å². The lowest BCUT2D eigenvalue weighted by atomic mass is 10.0. The normalized spacial score (nSPS) is 13.0. The lowest BCUT2D eigenvalue weighted by Crippen LogP contribution is -2.08. The lowest BCUT2D eigenvalue weighted by molar-refractivity contribution is 0.174. The first-order chi connectivity index (χ1) is 8.40. The zero-order valence-electron chi connectivity index (χ0n) is 11.6. The Morgan fingerprint density at radius 3 is 2.28 bits per heavy atom. The van der Waals surface area contributed by atoms with Gasteiger partial charge in [0, 0.05) is 37.5 Å².